The van der Waals surface area contributed by atoms with E-state index in [4.69, 9.17) is 18.8 Å². The van der Waals surface area contributed by atoms with Gasteiger partial charge in [-0.05, 0) is 73.0 Å². The molecule has 0 radical (unpaired) electrons. The van der Waals surface area contributed by atoms with Gasteiger partial charge in [0.1, 0.15) is 18.0 Å². The predicted molar refractivity (Wildman–Crippen MR) is 112 cm³/mol. The van der Waals surface area contributed by atoms with E-state index in [2.05, 4.69) is 5.32 Å². The Morgan fingerprint density at radius 3 is 2.10 bits per heavy atom. The number of carbonyl (C=O) groups is 1. The summed E-state index contributed by atoms with van der Waals surface area (Å²) in [6.45, 7) is 15.1. The molecule has 0 saturated carbocycles. The van der Waals surface area contributed by atoms with Crippen molar-refractivity contribution < 1.29 is 28.7 Å². The number of nitrogens with one attached hydrogen (secondary N) is 1. The topological polar surface area (TPSA) is 86.3 Å². The van der Waals surface area contributed by atoms with E-state index in [-0.39, 0.29) is 6.61 Å². The summed E-state index contributed by atoms with van der Waals surface area (Å²) in [6.07, 6.45) is -1.39. The number of rotatable bonds is 6. The van der Waals surface area contributed by atoms with Gasteiger partial charge >= 0.3 is 13.2 Å². The van der Waals surface area contributed by atoms with Crippen molar-refractivity contribution in [2.45, 2.75) is 84.3 Å². The molecule has 0 bridgehead atoms. The first-order valence-corrected chi connectivity index (χ1v) is 9.96. The average Bonchev–Trinajstić information content (AvgIpc) is 2.78. The summed E-state index contributed by atoms with van der Waals surface area (Å²) in [5.74, 6) is 0.613. The number of benzene rings is 1. The van der Waals surface area contributed by atoms with E-state index < -0.39 is 42.2 Å². The number of aliphatic hydroxyl groups excluding tert-OH is 1. The van der Waals surface area contributed by atoms with Crippen molar-refractivity contribution in [2.75, 3.05) is 6.61 Å². The Labute approximate surface area is 174 Å². The van der Waals surface area contributed by atoms with E-state index in [0.717, 1.165) is 5.46 Å². The largest absolute Gasteiger partial charge is 0.494 e. The second kappa shape index (κ2) is 8.54. The summed E-state index contributed by atoms with van der Waals surface area (Å²) < 4.78 is 23.1. The van der Waals surface area contributed by atoms with E-state index >= 15 is 0 Å². The molecule has 1 aliphatic heterocycles. The molecule has 2 rings (SSSR count). The van der Waals surface area contributed by atoms with Gasteiger partial charge in [-0.1, -0.05) is 12.1 Å². The van der Waals surface area contributed by atoms with Crippen molar-refractivity contribution >= 4 is 18.7 Å². The first kappa shape index (κ1) is 23.5. The zero-order chi connectivity index (χ0) is 22.0. The highest BCUT2D eigenvalue weighted by Gasteiger charge is 2.51. The summed E-state index contributed by atoms with van der Waals surface area (Å²) in [4.78, 5) is 12.0. The van der Waals surface area contributed by atoms with Gasteiger partial charge in [-0.3, -0.25) is 0 Å². The maximum absolute atomic E-state index is 12.0. The lowest BCUT2D eigenvalue weighted by Crippen LogP contribution is -2.47. The third kappa shape index (κ3) is 6.36. The molecule has 1 aromatic carbocycles. The second-order valence-electron chi connectivity index (χ2n) is 9.46. The summed E-state index contributed by atoms with van der Waals surface area (Å²) in [5, 5.41) is 12.6. The maximum atomic E-state index is 12.0. The number of carbonyl (C=O) groups excluding carboxylic acids is 1. The lowest BCUT2D eigenvalue weighted by Gasteiger charge is -2.32. The Kier molecular flexibility index (Phi) is 6.92. The van der Waals surface area contributed by atoms with Crippen LogP contribution in [0.25, 0.3) is 0 Å². The van der Waals surface area contributed by atoms with E-state index in [1.165, 1.54) is 0 Å². The minimum absolute atomic E-state index is 0.104. The molecule has 8 heteroatoms. The fourth-order valence-electron chi connectivity index (χ4n) is 2.65. The first-order valence-electron chi connectivity index (χ1n) is 9.96. The van der Waals surface area contributed by atoms with E-state index in [9.17, 15) is 9.90 Å². The Bertz CT molecular complexity index is 680. The van der Waals surface area contributed by atoms with Crippen LogP contribution in [0.2, 0.25) is 0 Å². The summed E-state index contributed by atoms with van der Waals surface area (Å²) >= 11 is 0. The molecule has 1 fully saturated rings. The lowest BCUT2D eigenvalue weighted by atomic mass is 9.79. The van der Waals surface area contributed by atoms with Crippen molar-refractivity contribution in [3.05, 3.63) is 24.3 Å². The molecule has 1 amide bonds. The summed E-state index contributed by atoms with van der Waals surface area (Å²) in [5.41, 5.74) is -0.512. The number of hydrogen-bond donors (Lipinski definition) is 2. The number of hydrogen-bond acceptors (Lipinski definition) is 6. The highest BCUT2D eigenvalue weighted by Crippen LogP contribution is 2.36. The van der Waals surface area contributed by atoms with Crippen LogP contribution >= 0.6 is 0 Å². The van der Waals surface area contributed by atoms with Gasteiger partial charge in [0.05, 0.1) is 23.3 Å². The SMILES string of the molecule is CC(O)C(COc1ccc(B2OC(C)(C)C(C)(C)O2)cc1)NC(=O)OC(C)(C)C. The number of ether oxygens (including phenoxy) is 2. The third-order valence-corrected chi connectivity index (χ3v) is 5.12. The molecule has 2 atom stereocenters. The molecule has 2 unspecified atom stereocenters. The number of alkyl carbamates (subject to hydrolysis) is 1. The van der Waals surface area contributed by atoms with Gasteiger partial charge in [-0.25, -0.2) is 4.79 Å². The average molecular weight is 407 g/mol. The van der Waals surface area contributed by atoms with Crippen molar-refractivity contribution in [1.29, 1.82) is 0 Å². The van der Waals surface area contributed by atoms with Gasteiger partial charge in [0.15, 0.2) is 0 Å². The zero-order valence-electron chi connectivity index (χ0n) is 18.7. The highest BCUT2D eigenvalue weighted by atomic mass is 16.7. The van der Waals surface area contributed by atoms with Gasteiger partial charge in [0.2, 0.25) is 0 Å². The van der Waals surface area contributed by atoms with Gasteiger partial charge in [0, 0.05) is 0 Å². The minimum atomic E-state index is -0.799. The molecular weight excluding hydrogens is 373 g/mol. The molecule has 1 aliphatic rings. The van der Waals surface area contributed by atoms with Crippen LogP contribution in [0.4, 0.5) is 4.79 Å². The summed E-state index contributed by atoms with van der Waals surface area (Å²) in [6, 6.07) is 6.79. The molecular formula is C21H34BNO6. The Morgan fingerprint density at radius 2 is 1.66 bits per heavy atom. The van der Waals surface area contributed by atoms with Crippen LogP contribution in [0.3, 0.4) is 0 Å². The lowest BCUT2D eigenvalue weighted by molar-refractivity contribution is 0.00578. The number of amides is 1. The quantitative estimate of drug-likeness (QED) is 0.706. The van der Waals surface area contributed by atoms with Crippen molar-refractivity contribution in [3.8, 4) is 5.75 Å². The zero-order valence-corrected chi connectivity index (χ0v) is 18.7. The molecule has 1 aromatic rings. The van der Waals surface area contributed by atoms with Crippen molar-refractivity contribution in [3.63, 3.8) is 0 Å². The molecule has 0 aliphatic carbocycles. The standard InChI is InChI=1S/C21H34BNO6/c1-14(24)17(23-18(25)27-19(2,3)4)13-26-16-11-9-15(10-12-16)22-28-20(5,6)21(7,8)29-22/h9-12,14,17,24H,13H2,1-8H3,(H,23,25). The molecule has 7 nitrogen and oxygen atoms in total. The minimum Gasteiger partial charge on any atom is -0.491 e. The number of aliphatic hydroxyl groups is 1. The Hall–Kier alpha value is -1.77. The third-order valence-electron chi connectivity index (χ3n) is 5.12. The molecule has 29 heavy (non-hydrogen) atoms. The van der Waals surface area contributed by atoms with Crippen LogP contribution in [0.5, 0.6) is 5.75 Å². The first-order chi connectivity index (χ1) is 13.2. The Morgan fingerprint density at radius 1 is 1.14 bits per heavy atom. The van der Waals surface area contributed by atoms with Crippen LogP contribution in [-0.2, 0) is 14.0 Å². The van der Waals surface area contributed by atoms with Gasteiger partial charge in [-0.2, -0.15) is 0 Å². The summed E-state index contributed by atoms with van der Waals surface area (Å²) in [7, 11) is -0.437. The molecule has 1 heterocycles. The predicted octanol–water partition coefficient (Wildman–Crippen LogP) is 2.64. The van der Waals surface area contributed by atoms with Crippen molar-refractivity contribution in [2.24, 2.45) is 0 Å². The molecule has 0 spiro atoms. The van der Waals surface area contributed by atoms with Crippen LogP contribution in [0, 0.1) is 0 Å². The van der Waals surface area contributed by atoms with Crippen LogP contribution in [0.1, 0.15) is 55.4 Å². The van der Waals surface area contributed by atoms with Crippen LogP contribution in [-0.4, -0.2) is 53.9 Å². The van der Waals surface area contributed by atoms with E-state index in [1.54, 1.807) is 27.7 Å². The highest BCUT2D eigenvalue weighted by molar-refractivity contribution is 6.62. The monoisotopic (exact) mass is 407 g/mol. The normalized spacial score (nSPS) is 20.1. The molecule has 1 saturated heterocycles. The molecule has 2 N–H and O–H groups in total. The van der Waals surface area contributed by atoms with Crippen molar-refractivity contribution in [1.82, 2.24) is 5.32 Å². The van der Waals surface area contributed by atoms with Gasteiger partial charge in [0.25, 0.3) is 0 Å². The van der Waals surface area contributed by atoms with Crippen LogP contribution < -0.4 is 15.5 Å². The van der Waals surface area contributed by atoms with Gasteiger partial charge < -0.3 is 29.2 Å². The smallest absolute Gasteiger partial charge is 0.491 e. The van der Waals surface area contributed by atoms with Crippen LogP contribution in [0.15, 0.2) is 24.3 Å². The second-order valence-corrected chi connectivity index (χ2v) is 9.46. The van der Waals surface area contributed by atoms with E-state index in [0.29, 0.717) is 5.75 Å². The fourth-order valence-corrected chi connectivity index (χ4v) is 2.65. The molecule has 162 valence electrons. The van der Waals surface area contributed by atoms with E-state index in [1.807, 2.05) is 52.0 Å². The maximum Gasteiger partial charge on any atom is 0.494 e. The fraction of sp³-hybridized carbons (Fsp3) is 0.667. The molecule has 0 aromatic heterocycles. The van der Waals surface area contributed by atoms with Gasteiger partial charge in [-0.15, -0.1) is 0 Å². The Balaban J connectivity index is 1.94.